The van der Waals surface area contributed by atoms with E-state index in [4.69, 9.17) is 10.5 Å². The van der Waals surface area contributed by atoms with Crippen molar-refractivity contribution < 1.29 is 14.1 Å². The fourth-order valence-electron chi connectivity index (χ4n) is 1.08. The van der Waals surface area contributed by atoms with Crippen molar-refractivity contribution in [3.8, 4) is 5.75 Å². The summed E-state index contributed by atoms with van der Waals surface area (Å²) in [6, 6.07) is 2.07. The van der Waals surface area contributed by atoms with Crippen LogP contribution in [0.15, 0.2) is 16.6 Å². The summed E-state index contributed by atoms with van der Waals surface area (Å²) in [7, 11) is 0. The fraction of sp³-hybridized carbons (Fsp3) is 0.400. The normalized spacial score (nSPS) is 12.2. The van der Waals surface area contributed by atoms with Gasteiger partial charge in [-0.05, 0) is 22.5 Å². The summed E-state index contributed by atoms with van der Waals surface area (Å²) in [5, 5.41) is 10.8. The fourth-order valence-corrected chi connectivity index (χ4v) is 1.41. The maximum Gasteiger partial charge on any atom is 0.312 e. The Morgan fingerprint density at radius 1 is 1.65 bits per heavy atom. The molecular weight excluding hydrogens is 295 g/mol. The second-order valence-corrected chi connectivity index (χ2v) is 4.50. The van der Waals surface area contributed by atoms with Gasteiger partial charge in [0, 0.05) is 18.1 Å². The van der Waals surface area contributed by atoms with Crippen LogP contribution in [0.3, 0.4) is 0 Å². The van der Waals surface area contributed by atoms with Crippen molar-refractivity contribution in [2.75, 3.05) is 13.2 Å². The molecule has 5 nitrogen and oxygen atoms in total. The molecule has 2 N–H and O–H groups in total. The largest absolute Gasteiger partial charge is 0.486 e. The molecule has 0 spiro atoms. The summed E-state index contributed by atoms with van der Waals surface area (Å²) in [5.41, 5.74) is 5.12. The highest BCUT2D eigenvalue weighted by Gasteiger charge is 2.19. The van der Waals surface area contributed by atoms with Gasteiger partial charge in [-0.1, -0.05) is 6.92 Å². The number of rotatable bonds is 5. The Morgan fingerprint density at radius 2 is 2.29 bits per heavy atom. The third-order valence-electron chi connectivity index (χ3n) is 2.12. The van der Waals surface area contributed by atoms with Crippen LogP contribution in [-0.2, 0) is 0 Å². The Hall–Kier alpha value is -1.21. The van der Waals surface area contributed by atoms with E-state index in [2.05, 4.69) is 15.9 Å². The molecule has 0 aliphatic rings. The summed E-state index contributed by atoms with van der Waals surface area (Å²) in [6.45, 7) is 2.44. The molecule has 0 saturated heterocycles. The maximum absolute atomic E-state index is 13.3. The minimum atomic E-state index is -0.618. The summed E-state index contributed by atoms with van der Waals surface area (Å²) < 4.78 is 18.5. The van der Waals surface area contributed by atoms with E-state index in [0.29, 0.717) is 6.54 Å². The van der Waals surface area contributed by atoms with Gasteiger partial charge in [0.25, 0.3) is 0 Å². The van der Waals surface area contributed by atoms with Crippen LogP contribution in [-0.4, -0.2) is 18.1 Å². The number of ether oxygens (including phenoxy) is 1. The second-order valence-electron chi connectivity index (χ2n) is 3.64. The van der Waals surface area contributed by atoms with Gasteiger partial charge in [-0.2, -0.15) is 0 Å². The van der Waals surface area contributed by atoms with Crippen molar-refractivity contribution >= 4 is 21.6 Å². The van der Waals surface area contributed by atoms with Crippen LogP contribution in [0.1, 0.15) is 6.92 Å². The quantitative estimate of drug-likeness (QED) is 0.669. The highest BCUT2D eigenvalue weighted by molar-refractivity contribution is 9.10. The first-order valence-electron chi connectivity index (χ1n) is 4.92. The second kappa shape index (κ2) is 5.92. The number of halogens is 2. The zero-order chi connectivity index (χ0) is 13.0. The van der Waals surface area contributed by atoms with E-state index in [1.165, 1.54) is 0 Å². The van der Waals surface area contributed by atoms with Crippen LogP contribution in [0.25, 0.3) is 0 Å². The predicted molar refractivity (Wildman–Crippen MR) is 64.5 cm³/mol. The van der Waals surface area contributed by atoms with Crippen molar-refractivity contribution in [1.29, 1.82) is 0 Å². The van der Waals surface area contributed by atoms with E-state index in [0.717, 1.165) is 12.1 Å². The number of nitrogens with two attached hydrogens (primary N) is 1. The highest BCUT2D eigenvalue weighted by Crippen LogP contribution is 2.32. The van der Waals surface area contributed by atoms with Crippen molar-refractivity contribution in [3.63, 3.8) is 0 Å². The van der Waals surface area contributed by atoms with E-state index in [1.807, 2.05) is 6.92 Å². The van der Waals surface area contributed by atoms with Crippen LogP contribution in [0.4, 0.5) is 10.1 Å². The average molecular weight is 307 g/mol. The molecule has 1 aromatic carbocycles. The molecule has 0 aromatic heterocycles. The van der Waals surface area contributed by atoms with E-state index in [-0.39, 0.29) is 28.4 Å². The van der Waals surface area contributed by atoms with Gasteiger partial charge >= 0.3 is 5.69 Å². The Bertz CT molecular complexity index is 428. The van der Waals surface area contributed by atoms with Crippen LogP contribution < -0.4 is 10.5 Å². The molecule has 1 atom stereocenters. The van der Waals surface area contributed by atoms with Gasteiger partial charge < -0.3 is 10.5 Å². The average Bonchev–Trinajstić information content (AvgIpc) is 2.29. The van der Waals surface area contributed by atoms with Crippen LogP contribution >= 0.6 is 15.9 Å². The van der Waals surface area contributed by atoms with Crippen molar-refractivity contribution in [2.24, 2.45) is 11.7 Å². The van der Waals surface area contributed by atoms with Crippen LogP contribution in [0.2, 0.25) is 0 Å². The Morgan fingerprint density at radius 3 is 2.82 bits per heavy atom. The number of benzene rings is 1. The predicted octanol–water partition coefficient (Wildman–Crippen LogP) is 2.47. The number of hydrogen-bond donors (Lipinski definition) is 1. The Labute approximate surface area is 106 Å². The first-order valence-corrected chi connectivity index (χ1v) is 5.71. The van der Waals surface area contributed by atoms with Crippen molar-refractivity contribution in [1.82, 2.24) is 0 Å². The SMILES string of the molecule is CC(CN)COc1cc(F)c(Br)cc1[N+](=O)[O-]. The van der Waals surface area contributed by atoms with Crippen LogP contribution in [0, 0.1) is 21.8 Å². The lowest BCUT2D eigenvalue weighted by Gasteiger charge is -2.11. The minimum Gasteiger partial charge on any atom is -0.486 e. The van der Waals surface area contributed by atoms with Gasteiger partial charge in [0.1, 0.15) is 5.82 Å². The third-order valence-corrected chi connectivity index (χ3v) is 2.73. The molecule has 0 amide bonds. The molecule has 0 heterocycles. The summed E-state index contributed by atoms with van der Waals surface area (Å²) in [4.78, 5) is 10.1. The molecule has 0 bridgehead atoms. The maximum atomic E-state index is 13.3. The molecule has 94 valence electrons. The summed E-state index contributed by atoms with van der Waals surface area (Å²) >= 11 is 2.89. The van der Waals surface area contributed by atoms with E-state index in [1.54, 1.807) is 0 Å². The number of nitro benzene ring substituents is 1. The molecule has 17 heavy (non-hydrogen) atoms. The smallest absolute Gasteiger partial charge is 0.312 e. The van der Waals surface area contributed by atoms with Gasteiger partial charge in [-0.15, -0.1) is 0 Å². The summed E-state index contributed by atoms with van der Waals surface area (Å²) in [6.07, 6.45) is 0. The summed E-state index contributed by atoms with van der Waals surface area (Å²) in [5.74, 6) is -0.650. The lowest BCUT2D eigenvalue weighted by molar-refractivity contribution is -0.386. The molecule has 0 fully saturated rings. The Balaban J connectivity index is 2.96. The molecule has 1 rings (SSSR count). The van der Waals surface area contributed by atoms with Gasteiger partial charge in [0.05, 0.1) is 16.0 Å². The van der Waals surface area contributed by atoms with Gasteiger partial charge in [0.15, 0.2) is 5.75 Å². The zero-order valence-corrected chi connectivity index (χ0v) is 10.7. The monoisotopic (exact) mass is 306 g/mol. The highest BCUT2D eigenvalue weighted by atomic mass is 79.9. The minimum absolute atomic E-state index is 0.0309. The number of nitrogens with zero attached hydrogens (tertiary/aromatic N) is 1. The van der Waals surface area contributed by atoms with Crippen molar-refractivity contribution in [3.05, 3.63) is 32.5 Å². The van der Waals surface area contributed by atoms with Gasteiger partial charge in [-0.3, -0.25) is 10.1 Å². The lowest BCUT2D eigenvalue weighted by Crippen LogP contribution is -2.18. The molecule has 0 aliphatic carbocycles. The van der Waals surface area contributed by atoms with Gasteiger partial charge in [0.2, 0.25) is 0 Å². The zero-order valence-electron chi connectivity index (χ0n) is 9.15. The lowest BCUT2D eigenvalue weighted by atomic mass is 10.2. The first-order chi connectivity index (χ1) is 7.95. The van der Waals surface area contributed by atoms with Crippen molar-refractivity contribution in [2.45, 2.75) is 6.92 Å². The number of nitro groups is 1. The molecule has 0 saturated carbocycles. The van der Waals surface area contributed by atoms with E-state index < -0.39 is 10.7 Å². The van der Waals surface area contributed by atoms with E-state index in [9.17, 15) is 14.5 Å². The Kier molecular flexibility index (Phi) is 4.83. The topological polar surface area (TPSA) is 78.4 Å². The number of hydrogen-bond acceptors (Lipinski definition) is 4. The van der Waals surface area contributed by atoms with Crippen LogP contribution in [0.5, 0.6) is 5.75 Å². The first kappa shape index (κ1) is 13.9. The van der Waals surface area contributed by atoms with Gasteiger partial charge in [-0.25, -0.2) is 4.39 Å². The molecule has 1 aromatic rings. The third kappa shape index (κ3) is 3.64. The standard InChI is InChI=1S/C10H12BrFN2O3/c1-6(4-13)5-17-10-3-8(12)7(11)2-9(10)14(15)16/h2-3,6H,4-5,13H2,1H3. The molecular formula is C10H12BrFN2O3. The van der Waals surface area contributed by atoms with E-state index >= 15 is 0 Å². The molecule has 1 unspecified atom stereocenters. The molecule has 0 aliphatic heterocycles. The molecule has 0 radical (unpaired) electrons. The molecule has 7 heteroatoms.